The van der Waals surface area contributed by atoms with Crippen molar-refractivity contribution in [1.29, 1.82) is 0 Å². The van der Waals surface area contributed by atoms with Crippen molar-refractivity contribution in [3.63, 3.8) is 0 Å². The van der Waals surface area contributed by atoms with Gasteiger partial charge in [0.05, 0.1) is 11.1 Å². The van der Waals surface area contributed by atoms with Gasteiger partial charge in [0.2, 0.25) is 5.91 Å². The Bertz CT molecular complexity index is 758. The van der Waals surface area contributed by atoms with Crippen LogP contribution < -0.4 is 0 Å². The lowest BCUT2D eigenvalue weighted by atomic mass is 10.1. The summed E-state index contributed by atoms with van der Waals surface area (Å²) in [5.41, 5.74) is 0.888. The van der Waals surface area contributed by atoms with Crippen LogP contribution in [-0.2, 0) is 4.79 Å². The van der Waals surface area contributed by atoms with Crippen molar-refractivity contribution in [3.8, 4) is 0 Å². The van der Waals surface area contributed by atoms with Gasteiger partial charge in [-0.15, -0.1) is 0 Å². The van der Waals surface area contributed by atoms with E-state index >= 15 is 0 Å². The molecule has 0 unspecified atom stereocenters. The van der Waals surface area contributed by atoms with Crippen LogP contribution in [0.25, 0.3) is 0 Å². The molecule has 3 aliphatic rings. The van der Waals surface area contributed by atoms with E-state index in [-0.39, 0.29) is 17.7 Å². The zero-order chi connectivity index (χ0) is 18.4. The second-order valence-corrected chi connectivity index (χ2v) is 8.64. The topological polar surface area (TPSA) is 57.7 Å². The summed E-state index contributed by atoms with van der Waals surface area (Å²) in [4.78, 5) is 40.7. The van der Waals surface area contributed by atoms with E-state index in [1.165, 1.54) is 30.6 Å². The third-order valence-corrected chi connectivity index (χ3v) is 6.25. The lowest BCUT2D eigenvalue weighted by Crippen LogP contribution is -2.40. The van der Waals surface area contributed by atoms with Crippen molar-refractivity contribution in [3.05, 3.63) is 33.8 Å². The Morgan fingerprint density at radius 3 is 2.38 bits per heavy atom. The summed E-state index contributed by atoms with van der Waals surface area (Å²) in [5.74, 6) is 0.985. The van der Waals surface area contributed by atoms with Gasteiger partial charge in [0, 0.05) is 30.5 Å². The van der Waals surface area contributed by atoms with Crippen LogP contribution in [-0.4, -0.2) is 47.2 Å². The zero-order valence-electron chi connectivity index (χ0n) is 14.9. The Morgan fingerprint density at radius 2 is 1.77 bits per heavy atom. The second-order valence-electron chi connectivity index (χ2n) is 7.73. The molecule has 4 rings (SSSR count). The highest BCUT2D eigenvalue weighted by Crippen LogP contribution is 2.47. The number of benzene rings is 1. The molecular weight excluding hydrogens is 396 g/mol. The molecule has 2 fully saturated rings. The first-order chi connectivity index (χ1) is 12.5. The lowest BCUT2D eigenvalue weighted by molar-refractivity contribution is -0.133. The maximum absolute atomic E-state index is 12.6. The van der Waals surface area contributed by atoms with Crippen molar-refractivity contribution in [1.82, 2.24) is 9.80 Å². The molecule has 1 heterocycles. The van der Waals surface area contributed by atoms with E-state index in [4.69, 9.17) is 0 Å². The molecular formula is C20H23BrN2O3. The minimum absolute atomic E-state index is 0.133. The van der Waals surface area contributed by atoms with E-state index < -0.39 is 0 Å². The summed E-state index contributed by atoms with van der Waals surface area (Å²) in [6.07, 6.45) is 5.85. The molecule has 1 aliphatic heterocycles. The van der Waals surface area contributed by atoms with Crippen molar-refractivity contribution in [2.75, 3.05) is 13.6 Å². The van der Waals surface area contributed by atoms with E-state index in [2.05, 4.69) is 15.9 Å². The van der Waals surface area contributed by atoms with Crippen LogP contribution >= 0.6 is 15.9 Å². The summed E-state index contributed by atoms with van der Waals surface area (Å²) in [6.45, 7) is 0.293. The summed E-state index contributed by atoms with van der Waals surface area (Å²) in [7, 11) is 1.92. The number of hydrogen-bond donors (Lipinski definition) is 0. The highest BCUT2D eigenvalue weighted by atomic mass is 79.9. The van der Waals surface area contributed by atoms with Gasteiger partial charge >= 0.3 is 0 Å². The SMILES string of the molecule is CN(C(=O)CCCN1C(=O)c2ccc(Br)cc2C1=O)C(C1CC1)C1CC1. The van der Waals surface area contributed by atoms with E-state index in [9.17, 15) is 14.4 Å². The Hall–Kier alpha value is -1.69. The summed E-state index contributed by atoms with van der Waals surface area (Å²) < 4.78 is 0.780. The number of carbonyl (C=O) groups is 3. The first-order valence-electron chi connectivity index (χ1n) is 9.39. The largest absolute Gasteiger partial charge is 0.342 e. The van der Waals surface area contributed by atoms with Gasteiger partial charge in [0.15, 0.2) is 0 Å². The maximum atomic E-state index is 12.6. The quantitative estimate of drug-likeness (QED) is 0.636. The minimum Gasteiger partial charge on any atom is -0.342 e. The second kappa shape index (κ2) is 6.80. The number of hydrogen-bond acceptors (Lipinski definition) is 3. The van der Waals surface area contributed by atoms with Crippen LogP contribution in [0.1, 0.15) is 59.2 Å². The zero-order valence-corrected chi connectivity index (χ0v) is 16.5. The fraction of sp³-hybridized carbons (Fsp3) is 0.550. The summed E-state index contributed by atoms with van der Waals surface area (Å²) in [5, 5.41) is 0. The molecule has 3 amide bonds. The lowest BCUT2D eigenvalue weighted by Gasteiger charge is -2.28. The Morgan fingerprint density at radius 1 is 1.15 bits per heavy atom. The molecule has 6 heteroatoms. The number of rotatable bonds is 7. The molecule has 0 saturated heterocycles. The number of halogens is 1. The van der Waals surface area contributed by atoms with Crippen LogP contribution in [0.4, 0.5) is 0 Å². The highest BCUT2D eigenvalue weighted by molar-refractivity contribution is 9.10. The maximum Gasteiger partial charge on any atom is 0.261 e. The van der Waals surface area contributed by atoms with Gasteiger partial charge in [-0.3, -0.25) is 19.3 Å². The molecule has 5 nitrogen and oxygen atoms in total. The van der Waals surface area contributed by atoms with E-state index in [1.807, 2.05) is 11.9 Å². The molecule has 26 heavy (non-hydrogen) atoms. The Labute approximate surface area is 161 Å². The third-order valence-electron chi connectivity index (χ3n) is 5.76. The van der Waals surface area contributed by atoms with Gasteiger partial charge in [-0.25, -0.2) is 0 Å². The average Bonchev–Trinajstić information content (AvgIpc) is 3.52. The average molecular weight is 419 g/mol. The van der Waals surface area contributed by atoms with E-state index in [1.54, 1.807) is 18.2 Å². The summed E-state index contributed by atoms with van der Waals surface area (Å²) >= 11 is 3.33. The molecule has 2 aliphatic carbocycles. The van der Waals surface area contributed by atoms with Crippen LogP contribution in [0.3, 0.4) is 0 Å². The molecule has 0 aromatic heterocycles. The number of amides is 3. The van der Waals surface area contributed by atoms with Crippen LogP contribution in [0.5, 0.6) is 0 Å². The standard InChI is InChI=1S/C20H23BrN2O3/c1-22(18(12-4-5-12)13-6-7-13)17(24)3-2-10-23-19(25)15-9-8-14(21)11-16(15)20(23)26/h8-9,11-13,18H,2-7,10H2,1H3. The van der Waals surface area contributed by atoms with Gasteiger partial charge < -0.3 is 4.90 Å². The normalized spacial score (nSPS) is 19.3. The molecule has 138 valence electrons. The van der Waals surface area contributed by atoms with Gasteiger partial charge in [0.25, 0.3) is 11.8 Å². The molecule has 0 spiro atoms. The van der Waals surface area contributed by atoms with Crippen molar-refractivity contribution < 1.29 is 14.4 Å². The van der Waals surface area contributed by atoms with Crippen molar-refractivity contribution in [2.24, 2.45) is 11.8 Å². The van der Waals surface area contributed by atoms with E-state index in [0.717, 1.165) is 4.47 Å². The third kappa shape index (κ3) is 3.31. The first kappa shape index (κ1) is 17.7. The highest BCUT2D eigenvalue weighted by Gasteiger charge is 2.44. The van der Waals surface area contributed by atoms with Crippen molar-refractivity contribution in [2.45, 2.75) is 44.6 Å². The molecule has 1 aromatic rings. The predicted molar refractivity (Wildman–Crippen MR) is 101 cm³/mol. The smallest absolute Gasteiger partial charge is 0.261 e. The monoisotopic (exact) mass is 418 g/mol. The van der Waals surface area contributed by atoms with Crippen LogP contribution in [0.15, 0.2) is 22.7 Å². The Kier molecular flexibility index (Phi) is 4.63. The fourth-order valence-corrected chi connectivity index (χ4v) is 4.45. The van der Waals surface area contributed by atoms with E-state index in [0.29, 0.717) is 48.4 Å². The van der Waals surface area contributed by atoms with Gasteiger partial charge in [-0.2, -0.15) is 0 Å². The van der Waals surface area contributed by atoms with Gasteiger partial charge in [-0.1, -0.05) is 15.9 Å². The number of imide groups is 1. The van der Waals surface area contributed by atoms with Crippen LogP contribution in [0.2, 0.25) is 0 Å². The Balaban J connectivity index is 1.33. The minimum atomic E-state index is -0.263. The predicted octanol–water partition coefficient (Wildman–Crippen LogP) is 3.47. The summed E-state index contributed by atoms with van der Waals surface area (Å²) in [6, 6.07) is 5.53. The molecule has 0 atom stereocenters. The fourth-order valence-electron chi connectivity index (χ4n) is 4.09. The van der Waals surface area contributed by atoms with Gasteiger partial charge in [0.1, 0.15) is 0 Å². The number of carbonyl (C=O) groups excluding carboxylic acids is 3. The van der Waals surface area contributed by atoms with Crippen molar-refractivity contribution >= 4 is 33.7 Å². The number of fused-ring (bicyclic) bond motifs is 1. The molecule has 0 N–H and O–H groups in total. The first-order valence-corrected chi connectivity index (χ1v) is 10.2. The molecule has 1 aromatic carbocycles. The molecule has 0 bridgehead atoms. The molecule has 0 radical (unpaired) electrons. The van der Waals surface area contributed by atoms with Gasteiger partial charge in [-0.05, 0) is 62.1 Å². The number of nitrogens with zero attached hydrogens (tertiary/aromatic N) is 2. The van der Waals surface area contributed by atoms with Crippen LogP contribution in [0, 0.1) is 11.8 Å². The molecule has 2 saturated carbocycles.